The summed E-state index contributed by atoms with van der Waals surface area (Å²) in [7, 11) is 0. The van der Waals surface area contributed by atoms with Crippen molar-refractivity contribution in [1.82, 2.24) is 9.88 Å². The number of hydrogen-bond donors (Lipinski definition) is 0. The standard InChI is InChI=1S/C20H26N2O4/c1(2-6-20-7-3-4-8-21-20)5-9-22-10-12-23-14-16-25-18-19-26-17-15-24-13-11-22/h3-4,7-8H,9-19H2. The van der Waals surface area contributed by atoms with Crippen LogP contribution in [0.2, 0.25) is 0 Å². The van der Waals surface area contributed by atoms with E-state index in [0.717, 1.165) is 18.8 Å². The number of hydrogen-bond acceptors (Lipinski definition) is 6. The first-order valence-electron chi connectivity index (χ1n) is 8.88. The molecule has 2 heterocycles. The lowest BCUT2D eigenvalue weighted by Crippen LogP contribution is -2.32. The van der Waals surface area contributed by atoms with Crippen LogP contribution in [-0.4, -0.2) is 82.4 Å². The minimum Gasteiger partial charge on any atom is -0.378 e. The summed E-state index contributed by atoms with van der Waals surface area (Å²) in [5.74, 6) is 11.7. The molecule has 1 aromatic heterocycles. The molecule has 0 aliphatic carbocycles. The van der Waals surface area contributed by atoms with Gasteiger partial charge in [0.2, 0.25) is 0 Å². The monoisotopic (exact) mass is 358 g/mol. The maximum atomic E-state index is 5.59. The Morgan fingerprint density at radius 3 is 2.00 bits per heavy atom. The normalized spacial score (nSPS) is 18.3. The molecule has 26 heavy (non-hydrogen) atoms. The van der Waals surface area contributed by atoms with Crippen LogP contribution in [0.5, 0.6) is 0 Å². The molecule has 0 N–H and O–H groups in total. The van der Waals surface area contributed by atoms with Crippen molar-refractivity contribution in [1.29, 1.82) is 0 Å². The van der Waals surface area contributed by atoms with Crippen LogP contribution in [0.4, 0.5) is 0 Å². The van der Waals surface area contributed by atoms with Crippen LogP contribution in [0.3, 0.4) is 0 Å². The molecule has 0 saturated carbocycles. The first-order chi connectivity index (χ1) is 12.9. The summed E-state index contributed by atoms with van der Waals surface area (Å²) in [6.45, 7) is 7.02. The Labute approximate surface area is 155 Å². The fourth-order valence-corrected chi connectivity index (χ4v) is 2.15. The second-order valence-electron chi connectivity index (χ2n) is 5.49. The van der Waals surface area contributed by atoms with E-state index in [1.165, 1.54) is 0 Å². The van der Waals surface area contributed by atoms with E-state index in [9.17, 15) is 0 Å². The van der Waals surface area contributed by atoms with Crippen LogP contribution in [-0.2, 0) is 18.9 Å². The third-order valence-electron chi connectivity index (χ3n) is 3.53. The van der Waals surface area contributed by atoms with Crippen LogP contribution in [0, 0.1) is 23.7 Å². The Bertz CT molecular complexity index is 585. The smallest absolute Gasteiger partial charge is 0.114 e. The molecule has 0 atom stereocenters. The number of pyridine rings is 1. The van der Waals surface area contributed by atoms with Gasteiger partial charge in [0.1, 0.15) is 5.69 Å². The number of nitrogens with zero attached hydrogens (tertiary/aromatic N) is 2. The highest BCUT2D eigenvalue weighted by atomic mass is 16.6. The first-order valence-corrected chi connectivity index (χ1v) is 8.88. The average Bonchev–Trinajstić information content (AvgIpc) is 2.68. The molecule has 140 valence electrons. The van der Waals surface area contributed by atoms with E-state index in [2.05, 4.69) is 33.6 Å². The van der Waals surface area contributed by atoms with Crippen LogP contribution in [0.15, 0.2) is 24.4 Å². The first kappa shape index (κ1) is 20.4. The molecule has 1 fully saturated rings. The molecular formula is C20H26N2O4. The highest BCUT2D eigenvalue weighted by Crippen LogP contribution is 1.92. The van der Waals surface area contributed by atoms with Gasteiger partial charge in [-0.3, -0.25) is 4.90 Å². The van der Waals surface area contributed by atoms with Gasteiger partial charge in [0, 0.05) is 19.3 Å². The summed E-state index contributed by atoms with van der Waals surface area (Å²) in [4.78, 5) is 6.33. The summed E-state index contributed by atoms with van der Waals surface area (Å²) in [6, 6.07) is 5.63. The fourth-order valence-electron chi connectivity index (χ4n) is 2.15. The number of rotatable bonds is 1. The van der Waals surface area contributed by atoms with Crippen molar-refractivity contribution >= 4 is 0 Å². The molecule has 0 radical (unpaired) electrons. The van der Waals surface area contributed by atoms with Gasteiger partial charge in [-0.1, -0.05) is 12.0 Å². The predicted molar refractivity (Wildman–Crippen MR) is 98.6 cm³/mol. The molecule has 6 nitrogen and oxygen atoms in total. The molecule has 2 rings (SSSR count). The Balaban J connectivity index is 1.76. The summed E-state index contributed by atoms with van der Waals surface area (Å²) in [6.07, 6.45) is 1.72. The zero-order valence-corrected chi connectivity index (χ0v) is 15.1. The molecule has 1 aliphatic rings. The number of ether oxygens (including phenoxy) is 4. The largest absolute Gasteiger partial charge is 0.378 e. The minimum atomic E-state index is 0.586. The Hall–Kier alpha value is -1.93. The van der Waals surface area contributed by atoms with Gasteiger partial charge < -0.3 is 18.9 Å². The third kappa shape index (κ3) is 10.1. The van der Waals surface area contributed by atoms with Crippen molar-refractivity contribution in [3.8, 4) is 23.7 Å². The van der Waals surface area contributed by atoms with Gasteiger partial charge in [-0.05, 0) is 29.9 Å². The highest BCUT2D eigenvalue weighted by Gasteiger charge is 2.04. The lowest BCUT2D eigenvalue weighted by molar-refractivity contribution is 0.00206. The maximum absolute atomic E-state index is 5.59. The summed E-state index contributed by atoms with van der Waals surface area (Å²) >= 11 is 0. The van der Waals surface area contributed by atoms with Gasteiger partial charge in [0.05, 0.1) is 59.4 Å². The summed E-state index contributed by atoms with van der Waals surface area (Å²) in [5, 5.41) is 0. The van der Waals surface area contributed by atoms with Crippen molar-refractivity contribution in [3.05, 3.63) is 30.1 Å². The quantitative estimate of drug-likeness (QED) is 0.693. The predicted octanol–water partition coefficient (Wildman–Crippen LogP) is 0.819. The van der Waals surface area contributed by atoms with E-state index in [4.69, 9.17) is 18.9 Å². The molecule has 1 saturated heterocycles. The van der Waals surface area contributed by atoms with E-state index in [-0.39, 0.29) is 0 Å². The lowest BCUT2D eigenvalue weighted by Gasteiger charge is -2.19. The summed E-state index contributed by atoms with van der Waals surface area (Å²) in [5.41, 5.74) is 0.724. The second kappa shape index (κ2) is 14.3. The minimum absolute atomic E-state index is 0.586. The zero-order chi connectivity index (χ0) is 18.1. The topological polar surface area (TPSA) is 53.1 Å². The molecule has 0 amide bonds. The Morgan fingerprint density at radius 2 is 1.42 bits per heavy atom. The van der Waals surface area contributed by atoms with E-state index < -0.39 is 0 Å². The summed E-state index contributed by atoms with van der Waals surface area (Å²) < 4.78 is 22.0. The van der Waals surface area contributed by atoms with Crippen LogP contribution in [0.25, 0.3) is 0 Å². The van der Waals surface area contributed by atoms with Crippen molar-refractivity contribution in [2.45, 2.75) is 0 Å². The van der Waals surface area contributed by atoms with Crippen molar-refractivity contribution in [2.75, 3.05) is 72.5 Å². The average molecular weight is 358 g/mol. The molecule has 0 unspecified atom stereocenters. The van der Waals surface area contributed by atoms with E-state index >= 15 is 0 Å². The maximum Gasteiger partial charge on any atom is 0.114 e. The highest BCUT2D eigenvalue weighted by molar-refractivity contribution is 5.35. The van der Waals surface area contributed by atoms with Gasteiger partial charge in [-0.15, -0.1) is 0 Å². The molecule has 6 heteroatoms. The zero-order valence-electron chi connectivity index (χ0n) is 15.1. The van der Waals surface area contributed by atoms with Gasteiger partial charge >= 0.3 is 0 Å². The van der Waals surface area contributed by atoms with E-state index in [1.807, 2.05) is 18.2 Å². The molecule has 0 aromatic carbocycles. The van der Waals surface area contributed by atoms with Crippen molar-refractivity contribution < 1.29 is 18.9 Å². The molecule has 1 aliphatic heterocycles. The van der Waals surface area contributed by atoms with Gasteiger partial charge in [-0.2, -0.15) is 0 Å². The van der Waals surface area contributed by atoms with Crippen LogP contribution < -0.4 is 0 Å². The van der Waals surface area contributed by atoms with Crippen LogP contribution >= 0.6 is 0 Å². The molecular weight excluding hydrogens is 332 g/mol. The molecule has 0 bridgehead atoms. The Morgan fingerprint density at radius 1 is 0.808 bits per heavy atom. The van der Waals surface area contributed by atoms with Crippen molar-refractivity contribution in [3.63, 3.8) is 0 Å². The van der Waals surface area contributed by atoms with Gasteiger partial charge in [-0.25, -0.2) is 4.98 Å². The number of aromatic nitrogens is 1. The van der Waals surface area contributed by atoms with Crippen LogP contribution in [0.1, 0.15) is 5.69 Å². The van der Waals surface area contributed by atoms with Gasteiger partial charge in [0.15, 0.2) is 0 Å². The second-order valence-corrected chi connectivity index (χ2v) is 5.49. The van der Waals surface area contributed by atoms with Crippen molar-refractivity contribution in [2.24, 2.45) is 0 Å². The molecule has 0 spiro atoms. The lowest BCUT2D eigenvalue weighted by atomic mass is 10.3. The van der Waals surface area contributed by atoms with E-state index in [0.29, 0.717) is 59.4 Å². The molecule has 1 aromatic rings. The van der Waals surface area contributed by atoms with E-state index in [1.54, 1.807) is 6.20 Å². The third-order valence-corrected chi connectivity index (χ3v) is 3.53. The Kier molecular flexibility index (Phi) is 11.2. The fraction of sp³-hybridized carbons (Fsp3) is 0.550. The SMILES string of the molecule is C(C#Cc1ccccn1)#CCN1CCOCCOCCOCCOCC1. The van der Waals surface area contributed by atoms with Gasteiger partial charge in [0.25, 0.3) is 0 Å².